The number of hydrogen-bond donors (Lipinski definition) is 2. The fourth-order valence-electron chi connectivity index (χ4n) is 6.77. The maximum Gasteiger partial charge on any atom is 0.268 e. The molecule has 4 aromatic carbocycles. The highest BCUT2D eigenvalue weighted by Gasteiger charge is 2.39. The molecule has 0 aliphatic carbocycles. The van der Waals surface area contributed by atoms with Crippen LogP contribution in [-0.4, -0.2) is 57.7 Å². The number of imidazole rings is 1. The molecule has 2 N–H and O–H groups in total. The van der Waals surface area contributed by atoms with Gasteiger partial charge in [0.2, 0.25) is 5.91 Å². The van der Waals surface area contributed by atoms with Gasteiger partial charge < -0.3 is 15.2 Å². The van der Waals surface area contributed by atoms with Gasteiger partial charge in [-0.1, -0.05) is 116 Å². The molecule has 6 aromatic rings. The van der Waals surface area contributed by atoms with Crippen LogP contribution in [-0.2, 0) is 26.4 Å². The van der Waals surface area contributed by atoms with Gasteiger partial charge in [0.15, 0.2) is 0 Å². The molecular formula is C42H43ClN6O3. The van der Waals surface area contributed by atoms with Crippen molar-refractivity contribution in [2.75, 3.05) is 19.5 Å². The highest BCUT2D eigenvalue weighted by Crippen LogP contribution is 2.41. The van der Waals surface area contributed by atoms with Crippen LogP contribution in [0.5, 0.6) is 0 Å². The zero-order chi connectivity index (χ0) is 36.7. The lowest BCUT2D eigenvalue weighted by Crippen LogP contribution is -2.52. The molecule has 52 heavy (non-hydrogen) atoms. The summed E-state index contributed by atoms with van der Waals surface area (Å²) in [5.74, 6) is -0.542. The lowest BCUT2D eigenvalue weighted by Gasteiger charge is -2.37. The molecule has 6 rings (SSSR count). The summed E-state index contributed by atoms with van der Waals surface area (Å²) in [4.78, 5) is 42.5. The second-order valence-electron chi connectivity index (χ2n) is 13.2. The number of carbonyl (C=O) groups is 2. The molecule has 0 radical (unpaired) electrons. The standard InChI is InChI=1S/C42H43ClN6O3/c1-29(2)24-38(46-36-22-23-44-37-25-33(43)20-21-35(36)37)40(50)47-39(41(51)48(3)52-4)26-34-27-49(28-45-34)42(30-14-8-5-9-15-30,31-16-10-6-11-17-31)32-18-12-7-13-19-32/h5-23,25,27-29,38-39H,24,26H2,1-4H3,(H,44,46)(H,47,50)/t38-,39-/m0/s1. The van der Waals surface area contributed by atoms with E-state index in [2.05, 4.69) is 70.4 Å². The summed E-state index contributed by atoms with van der Waals surface area (Å²) in [5, 5.41) is 9.03. The zero-order valence-corrected chi connectivity index (χ0v) is 30.5. The van der Waals surface area contributed by atoms with Crippen molar-refractivity contribution in [2.45, 2.75) is 44.3 Å². The molecule has 9 nitrogen and oxygen atoms in total. The molecular weight excluding hydrogens is 672 g/mol. The first-order valence-corrected chi connectivity index (χ1v) is 17.7. The summed E-state index contributed by atoms with van der Waals surface area (Å²) in [6.45, 7) is 4.11. The van der Waals surface area contributed by atoms with Crippen molar-refractivity contribution in [2.24, 2.45) is 5.92 Å². The Balaban J connectivity index is 1.36. The fourth-order valence-corrected chi connectivity index (χ4v) is 6.93. The van der Waals surface area contributed by atoms with Crippen molar-refractivity contribution in [3.05, 3.63) is 161 Å². The zero-order valence-electron chi connectivity index (χ0n) is 29.7. The van der Waals surface area contributed by atoms with E-state index in [1.165, 1.54) is 14.2 Å². The minimum atomic E-state index is -0.968. The van der Waals surface area contributed by atoms with Crippen LogP contribution in [0, 0.1) is 5.92 Å². The van der Waals surface area contributed by atoms with Crippen LogP contribution < -0.4 is 10.6 Å². The van der Waals surface area contributed by atoms with Crippen LogP contribution in [0.3, 0.4) is 0 Å². The first-order chi connectivity index (χ1) is 25.2. The molecule has 0 saturated carbocycles. The summed E-state index contributed by atoms with van der Waals surface area (Å²) in [6.07, 6.45) is 6.10. The summed E-state index contributed by atoms with van der Waals surface area (Å²) in [6, 6.07) is 36.6. The van der Waals surface area contributed by atoms with Crippen LogP contribution in [0.4, 0.5) is 5.69 Å². The van der Waals surface area contributed by atoms with Crippen molar-refractivity contribution in [3.8, 4) is 0 Å². The minimum absolute atomic E-state index is 0.130. The van der Waals surface area contributed by atoms with Crippen LogP contribution in [0.1, 0.15) is 42.7 Å². The van der Waals surface area contributed by atoms with E-state index in [4.69, 9.17) is 21.4 Å². The molecule has 2 atom stereocenters. The van der Waals surface area contributed by atoms with Crippen molar-refractivity contribution in [3.63, 3.8) is 0 Å². The molecule has 266 valence electrons. The first-order valence-electron chi connectivity index (χ1n) is 17.3. The number of carbonyl (C=O) groups excluding carboxylic acids is 2. The summed E-state index contributed by atoms with van der Waals surface area (Å²) in [7, 11) is 2.95. The number of fused-ring (bicyclic) bond motifs is 1. The number of nitrogens with zero attached hydrogens (tertiary/aromatic N) is 4. The van der Waals surface area contributed by atoms with E-state index in [1.807, 2.05) is 72.9 Å². The third-order valence-corrected chi connectivity index (χ3v) is 9.50. The topological polar surface area (TPSA) is 101 Å². The highest BCUT2D eigenvalue weighted by molar-refractivity contribution is 6.31. The smallest absolute Gasteiger partial charge is 0.268 e. The maximum atomic E-state index is 14.2. The van der Waals surface area contributed by atoms with Crippen molar-refractivity contribution in [1.29, 1.82) is 0 Å². The SMILES string of the molecule is CON(C)C(=O)[C@H](Cc1cn(C(c2ccccc2)(c2ccccc2)c2ccccc2)cn1)NC(=O)[C@H](CC(C)C)Nc1ccnc2cc(Cl)ccc12. The highest BCUT2D eigenvalue weighted by atomic mass is 35.5. The number of nitrogens with one attached hydrogen (secondary N) is 2. The van der Waals surface area contributed by atoms with Gasteiger partial charge in [0.05, 0.1) is 24.6 Å². The number of pyridine rings is 1. The van der Waals surface area contributed by atoms with Gasteiger partial charge in [-0.2, -0.15) is 0 Å². The second kappa shape index (κ2) is 16.2. The maximum absolute atomic E-state index is 14.2. The fraction of sp³-hybridized carbons (Fsp3) is 0.238. The van der Waals surface area contributed by atoms with E-state index < -0.39 is 23.5 Å². The normalized spacial score (nSPS) is 12.7. The van der Waals surface area contributed by atoms with Crippen molar-refractivity contribution in [1.82, 2.24) is 24.9 Å². The number of rotatable bonds is 14. The summed E-state index contributed by atoms with van der Waals surface area (Å²) in [5.41, 5.74) is 4.45. The number of hydrogen-bond acceptors (Lipinski definition) is 6. The Bertz CT molecular complexity index is 2010. The Hall–Kier alpha value is -5.51. The van der Waals surface area contributed by atoms with Crippen molar-refractivity contribution >= 4 is 40.0 Å². The van der Waals surface area contributed by atoms with E-state index in [0.717, 1.165) is 32.8 Å². The largest absolute Gasteiger partial charge is 0.373 e. The van der Waals surface area contributed by atoms with Crippen molar-refractivity contribution < 1.29 is 14.4 Å². The molecule has 10 heteroatoms. The van der Waals surface area contributed by atoms with Gasteiger partial charge in [-0.05, 0) is 53.3 Å². The average Bonchev–Trinajstić information content (AvgIpc) is 3.63. The molecule has 2 amide bonds. The molecule has 0 aliphatic rings. The number of amides is 2. The quantitative estimate of drug-likeness (QED) is 0.0896. The number of likely N-dealkylation sites (N-methyl/N-ethyl adjacent to an activating group) is 1. The van der Waals surface area contributed by atoms with Crippen LogP contribution in [0.2, 0.25) is 5.02 Å². The summed E-state index contributed by atoms with van der Waals surface area (Å²) >= 11 is 6.23. The first kappa shape index (κ1) is 36.3. The van der Waals surface area contributed by atoms with E-state index in [1.54, 1.807) is 24.7 Å². The Morgan fingerprint density at radius 1 is 0.846 bits per heavy atom. The molecule has 0 unspecified atom stereocenters. The predicted octanol–water partition coefficient (Wildman–Crippen LogP) is 7.50. The Morgan fingerprint density at radius 2 is 1.44 bits per heavy atom. The lowest BCUT2D eigenvalue weighted by atomic mass is 9.77. The van der Waals surface area contributed by atoms with E-state index in [-0.39, 0.29) is 18.2 Å². The van der Waals surface area contributed by atoms with E-state index >= 15 is 0 Å². The third kappa shape index (κ3) is 7.71. The Labute approximate surface area is 309 Å². The number of hydroxylamine groups is 2. The predicted molar refractivity (Wildman–Crippen MR) is 206 cm³/mol. The van der Waals surface area contributed by atoms with E-state index in [0.29, 0.717) is 22.7 Å². The summed E-state index contributed by atoms with van der Waals surface area (Å²) < 4.78 is 2.09. The van der Waals surface area contributed by atoms with Crippen LogP contribution in [0.25, 0.3) is 10.9 Å². The molecule has 0 aliphatic heterocycles. The average molecular weight is 715 g/mol. The molecule has 0 spiro atoms. The molecule has 2 heterocycles. The lowest BCUT2D eigenvalue weighted by molar-refractivity contribution is -0.171. The molecule has 0 fully saturated rings. The number of aromatic nitrogens is 3. The van der Waals surface area contributed by atoms with Gasteiger partial charge in [-0.3, -0.25) is 19.4 Å². The van der Waals surface area contributed by atoms with Crippen LogP contribution in [0.15, 0.2) is 134 Å². The monoisotopic (exact) mass is 714 g/mol. The molecule has 0 bridgehead atoms. The van der Waals surface area contributed by atoms with Crippen LogP contribution >= 0.6 is 11.6 Å². The minimum Gasteiger partial charge on any atom is -0.373 e. The Kier molecular flexibility index (Phi) is 11.3. The second-order valence-corrected chi connectivity index (χ2v) is 13.6. The van der Waals surface area contributed by atoms with E-state index in [9.17, 15) is 9.59 Å². The number of halogens is 1. The Morgan fingerprint density at radius 3 is 2.00 bits per heavy atom. The van der Waals surface area contributed by atoms with Gasteiger partial charge in [-0.15, -0.1) is 0 Å². The number of anilines is 1. The third-order valence-electron chi connectivity index (χ3n) is 9.27. The molecule has 0 saturated heterocycles. The van der Waals surface area contributed by atoms with Gasteiger partial charge in [-0.25, -0.2) is 10.0 Å². The van der Waals surface area contributed by atoms with Gasteiger partial charge in [0, 0.05) is 42.0 Å². The van der Waals surface area contributed by atoms with Gasteiger partial charge >= 0.3 is 0 Å². The van der Waals surface area contributed by atoms with Gasteiger partial charge in [0.25, 0.3) is 5.91 Å². The van der Waals surface area contributed by atoms with Gasteiger partial charge in [0.1, 0.15) is 17.6 Å². The number of benzene rings is 4. The molecule has 2 aromatic heterocycles.